The van der Waals surface area contributed by atoms with Gasteiger partial charge >= 0.3 is 5.97 Å². The lowest BCUT2D eigenvalue weighted by atomic mass is 9.67. The predicted molar refractivity (Wildman–Crippen MR) is 127 cm³/mol. The van der Waals surface area contributed by atoms with E-state index in [-0.39, 0.29) is 24.7 Å². The second kappa shape index (κ2) is 10.4. The number of carbonyl (C=O) groups is 2. The summed E-state index contributed by atoms with van der Waals surface area (Å²) >= 11 is 12.4. The van der Waals surface area contributed by atoms with Gasteiger partial charge in [-0.15, -0.1) is 0 Å². The van der Waals surface area contributed by atoms with Crippen LogP contribution in [0.3, 0.4) is 0 Å². The van der Waals surface area contributed by atoms with Crippen LogP contribution in [0, 0.1) is 5.41 Å². The van der Waals surface area contributed by atoms with Crippen molar-refractivity contribution in [3.63, 3.8) is 0 Å². The molecule has 0 spiro atoms. The SMILES string of the molecule is CC[C@@H]([C@H](O)CO)N1C(=O)[C@](C)(CC(=O)O)C[C@H](c2cccc(Cl)c2)[C@H]1c1ccc(Cl)cc1. The van der Waals surface area contributed by atoms with Crippen molar-refractivity contribution in [2.24, 2.45) is 5.41 Å². The largest absolute Gasteiger partial charge is 0.481 e. The van der Waals surface area contributed by atoms with Gasteiger partial charge in [0.15, 0.2) is 0 Å². The minimum Gasteiger partial charge on any atom is -0.481 e. The molecule has 1 aliphatic heterocycles. The fourth-order valence-corrected chi connectivity index (χ4v) is 5.35. The Hall–Kier alpha value is -2.12. The Labute approximate surface area is 203 Å². The summed E-state index contributed by atoms with van der Waals surface area (Å²) in [6.45, 7) is 2.96. The molecular formula is C25H29Cl2NO5. The van der Waals surface area contributed by atoms with E-state index >= 15 is 0 Å². The minimum absolute atomic E-state index is 0.286. The molecule has 0 unspecified atom stereocenters. The maximum Gasteiger partial charge on any atom is 0.304 e. The number of hydrogen-bond donors (Lipinski definition) is 3. The van der Waals surface area contributed by atoms with Crippen LogP contribution >= 0.6 is 23.2 Å². The Bertz CT molecular complexity index is 999. The number of benzene rings is 2. The number of rotatable bonds is 8. The number of carbonyl (C=O) groups excluding carboxylic acids is 1. The number of halogens is 2. The number of aliphatic carboxylic acids is 1. The van der Waals surface area contributed by atoms with E-state index in [0.717, 1.165) is 11.1 Å². The summed E-state index contributed by atoms with van der Waals surface area (Å²) in [7, 11) is 0. The molecule has 1 fully saturated rings. The summed E-state index contributed by atoms with van der Waals surface area (Å²) in [5.74, 6) is -1.73. The van der Waals surface area contributed by atoms with Crippen molar-refractivity contribution in [3.05, 3.63) is 69.7 Å². The van der Waals surface area contributed by atoms with Crippen molar-refractivity contribution >= 4 is 35.1 Å². The number of nitrogens with zero attached hydrogens (tertiary/aromatic N) is 1. The Morgan fingerprint density at radius 3 is 2.36 bits per heavy atom. The lowest BCUT2D eigenvalue weighted by molar-refractivity contribution is -0.164. The number of amides is 1. The number of aliphatic hydroxyl groups excluding tert-OH is 2. The van der Waals surface area contributed by atoms with Crippen LogP contribution < -0.4 is 0 Å². The van der Waals surface area contributed by atoms with E-state index in [1.165, 1.54) is 0 Å². The molecular weight excluding hydrogens is 465 g/mol. The zero-order chi connectivity index (χ0) is 24.3. The maximum atomic E-state index is 13.9. The van der Waals surface area contributed by atoms with Crippen LogP contribution in [0.5, 0.6) is 0 Å². The summed E-state index contributed by atoms with van der Waals surface area (Å²) in [6.07, 6.45) is -0.865. The molecule has 0 aliphatic carbocycles. The van der Waals surface area contributed by atoms with Crippen LogP contribution in [0.1, 0.15) is 56.2 Å². The third-order valence-electron chi connectivity index (χ3n) is 6.54. The van der Waals surface area contributed by atoms with Crippen LogP contribution in [0.25, 0.3) is 0 Å². The first kappa shape index (κ1) is 25.5. The number of piperidine rings is 1. The second-order valence-corrected chi connectivity index (χ2v) is 9.80. The van der Waals surface area contributed by atoms with Crippen LogP contribution in [0.15, 0.2) is 48.5 Å². The summed E-state index contributed by atoms with van der Waals surface area (Å²) in [5.41, 5.74) is 0.466. The molecule has 0 bridgehead atoms. The molecule has 1 amide bonds. The van der Waals surface area contributed by atoms with Crippen molar-refractivity contribution < 1.29 is 24.9 Å². The summed E-state index contributed by atoms with van der Waals surface area (Å²) in [6, 6.07) is 13.3. The highest BCUT2D eigenvalue weighted by Crippen LogP contribution is 2.52. The molecule has 33 heavy (non-hydrogen) atoms. The quantitative estimate of drug-likeness (QED) is 0.496. The number of carboxylic acids is 1. The zero-order valence-electron chi connectivity index (χ0n) is 18.6. The van der Waals surface area contributed by atoms with Crippen molar-refractivity contribution in [3.8, 4) is 0 Å². The van der Waals surface area contributed by atoms with Gasteiger partial charge in [-0.25, -0.2) is 0 Å². The summed E-state index contributed by atoms with van der Waals surface area (Å²) in [5, 5.41) is 31.1. The average molecular weight is 494 g/mol. The van der Waals surface area contributed by atoms with Gasteiger partial charge in [-0.05, 0) is 48.2 Å². The van der Waals surface area contributed by atoms with Crippen molar-refractivity contribution in [2.45, 2.75) is 57.2 Å². The van der Waals surface area contributed by atoms with Gasteiger partial charge in [-0.3, -0.25) is 9.59 Å². The topological polar surface area (TPSA) is 98.1 Å². The van der Waals surface area contributed by atoms with Gasteiger partial charge in [0.05, 0.1) is 36.6 Å². The highest BCUT2D eigenvalue weighted by atomic mass is 35.5. The Balaban J connectivity index is 2.25. The monoisotopic (exact) mass is 493 g/mol. The van der Waals surface area contributed by atoms with Gasteiger partial charge in [0.2, 0.25) is 5.91 Å². The molecule has 0 radical (unpaired) electrons. The molecule has 3 rings (SSSR count). The van der Waals surface area contributed by atoms with E-state index in [2.05, 4.69) is 0 Å². The molecule has 2 aromatic rings. The predicted octanol–water partition coefficient (Wildman–Crippen LogP) is 4.66. The Morgan fingerprint density at radius 1 is 1.15 bits per heavy atom. The zero-order valence-corrected chi connectivity index (χ0v) is 20.1. The smallest absolute Gasteiger partial charge is 0.304 e. The molecule has 8 heteroatoms. The van der Waals surface area contributed by atoms with Gasteiger partial charge < -0.3 is 20.2 Å². The third kappa shape index (κ3) is 5.35. The molecule has 2 aromatic carbocycles. The summed E-state index contributed by atoms with van der Waals surface area (Å²) < 4.78 is 0. The molecule has 6 nitrogen and oxygen atoms in total. The number of hydrogen-bond acceptors (Lipinski definition) is 4. The van der Waals surface area contributed by atoms with Crippen molar-refractivity contribution in [2.75, 3.05) is 6.61 Å². The second-order valence-electron chi connectivity index (χ2n) is 8.93. The molecule has 5 atom stereocenters. The van der Waals surface area contributed by atoms with Crippen molar-refractivity contribution in [1.29, 1.82) is 0 Å². The van der Waals surface area contributed by atoms with E-state index in [0.29, 0.717) is 16.5 Å². The van der Waals surface area contributed by atoms with Crippen LogP contribution in [0.2, 0.25) is 10.0 Å². The first-order valence-electron chi connectivity index (χ1n) is 11.0. The number of likely N-dealkylation sites (tertiary alicyclic amines) is 1. The van der Waals surface area contributed by atoms with Gasteiger partial charge in [-0.1, -0.05) is 61.3 Å². The highest BCUT2D eigenvalue weighted by molar-refractivity contribution is 6.30. The fraction of sp³-hybridized carbons (Fsp3) is 0.440. The van der Waals surface area contributed by atoms with Crippen molar-refractivity contribution in [1.82, 2.24) is 4.90 Å². The fourth-order valence-electron chi connectivity index (χ4n) is 5.02. The van der Waals surface area contributed by atoms with Gasteiger partial charge in [-0.2, -0.15) is 0 Å². The number of carboxylic acid groups (broad SMARTS) is 1. The third-order valence-corrected chi connectivity index (χ3v) is 7.03. The summed E-state index contributed by atoms with van der Waals surface area (Å²) in [4.78, 5) is 27.2. The lowest BCUT2D eigenvalue weighted by Crippen LogP contribution is -2.59. The average Bonchev–Trinajstić information content (AvgIpc) is 2.77. The van der Waals surface area contributed by atoms with E-state index in [1.54, 1.807) is 30.0 Å². The van der Waals surface area contributed by atoms with E-state index in [9.17, 15) is 24.9 Å². The first-order chi connectivity index (χ1) is 15.6. The molecule has 1 heterocycles. The standard InChI is InChI=1S/C25H29Cl2NO5/c1-3-20(21(30)14-29)28-23(15-7-9-17(26)10-8-15)19(16-5-4-6-18(27)11-16)12-25(2,24(28)33)13-22(31)32/h4-11,19-21,23,29-30H,3,12-14H2,1-2H3,(H,31,32)/t19-,20+,21-,23-,25+/m1/s1. The van der Waals surface area contributed by atoms with Gasteiger partial charge in [0.25, 0.3) is 0 Å². The van der Waals surface area contributed by atoms with Crippen LogP contribution in [-0.4, -0.2) is 50.8 Å². The highest BCUT2D eigenvalue weighted by Gasteiger charge is 2.53. The van der Waals surface area contributed by atoms with Crippen LogP contribution in [-0.2, 0) is 9.59 Å². The molecule has 178 valence electrons. The maximum absolute atomic E-state index is 13.9. The first-order valence-corrected chi connectivity index (χ1v) is 11.7. The Morgan fingerprint density at radius 2 is 1.82 bits per heavy atom. The van der Waals surface area contributed by atoms with Gasteiger partial charge in [0, 0.05) is 16.0 Å². The van der Waals surface area contributed by atoms with E-state index in [1.807, 2.05) is 37.3 Å². The molecule has 0 saturated carbocycles. The normalized spacial score (nSPS) is 25.0. The molecule has 1 aliphatic rings. The van der Waals surface area contributed by atoms with Gasteiger partial charge in [0.1, 0.15) is 0 Å². The van der Waals surface area contributed by atoms with E-state index < -0.39 is 36.2 Å². The molecule has 1 saturated heterocycles. The molecule has 0 aromatic heterocycles. The lowest BCUT2D eigenvalue weighted by Gasteiger charge is -2.52. The number of aliphatic hydroxyl groups is 2. The Kier molecular flexibility index (Phi) is 8.06. The molecule has 3 N–H and O–H groups in total. The minimum atomic E-state index is -1.20. The van der Waals surface area contributed by atoms with Crippen LogP contribution in [0.4, 0.5) is 0 Å². The van der Waals surface area contributed by atoms with E-state index in [4.69, 9.17) is 23.2 Å².